The highest BCUT2D eigenvalue weighted by Crippen LogP contribution is 2.33. The number of esters is 1. The number of hydrogen-bond acceptors (Lipinski definition) is 10. The fraction of sp³-hybridized carbons (Fsp3) is 0.800. The van der Waals surface area contributed by atoms with Gasteiger partial charge in [0, 0.05) is 5.92 Å². The van der Waals surface area contributed by atoms with Crippen LogP contribution in [0.15, 0.2) is 9.98 Å². The zero-order valence-corrected chi connectivity index (χ0v) is 18.6. The fourth-order valence-electron chi connectivity index (χ4n) is 3.86. The van der Waals surface area contributed by atoms with Gasteiger partial charge in [-0.05, 0) is 20.3 Å². The van der Waals surface area contributed by atoms with E-state index < -0.39 is 36.7 Å². The molecule has 11 heteroatoms. The van der Waals surface area contributed by atoms with Crippen molar-refractivity contribution in [3.05, 3.63) is 0 Å². The second kappa shape index (κ2) is 9.92. The Bertz CT molecular complexity index is 729. The zero-order valence-electron chi connectivity index (χ0n) is 18.6. The molecule has 0 bridgehead atoms. The number of ether oxygens (including phenoxy) is 3. The van der Waals surface area contributed by atoms with E-state index in [4.69, 9.17) is 14.2 Å². The first-order valence-corrected chi connectivity index (χ1v) is 10.8. The number of aliphatic imine (C=N–C) groups is 2. The normalized spacial score (nSPS) is 34.4. The zero-order chi connectivity index (χ0) is 22.7. The van der Waals surface area contributed by atoms with Gasteiger partial charge in [-0.2, -0.15) is 0 Å². The number of hydrogen-bond donors (Lipinski definition) is 3. The number of amides is 1. The lowest BCUT2D eigenvalue weighted by molar-refractivity contribution is -0.156. The van der Waals surface area contributed by atoms with Gasteiger partial charge in [-0.25, -0.2) is 9.79 Å². The third-order valence-corrected chi connectivity index (χ3v) is 5.60. The maximum absolute atomic E-state index is 12.1. The molecule has 31 heavy (non-hydrogen) atoms. The van der Waals surface area contributed by atoms with Crippen molar-refractivity contribution in [2.75, 3.05) is 13.2 Å². The van der Waals surface area contributed by atoms with Gasteiger partial charge in [-0.15, -0.1) is 0 Å². The predicted octanol–water partition coefficient (Wildman–Crippen LogP) is -0.411. The van der Waals surface area contributed by atoms with Crippen molar-refractivity contribution in [2.24, 2.45) is 15.9 Å². The minimum Gasteiger partial charge on any atom is -0.464 e. The Morgan fingerprint density at radius 3 is 2.77 bits per heavy atom. The van der Waals surface area contributed by atoms with E-state index in [0.717, 1.165) is 0 Å². The van der Waals surface area contributed by atoms with Gasteiger partial charge >= 0.3 is 5.97 Å². The summed E-state index contributed by atoms with van der Waals surface area (Å²) in [4.78, 5) is 34.9. The molecule has 174 valence electrons. The van der Waals surface area contributed by atoms with Crippen LogP contribution in [0, 0.1) is 5.92 Å². The van der Waals surface area contributed by atoms with Crippen LogP contribution in [0.5, 0.6) is 0 Å². The van der Waals surface area contributed by atoms with E-state index in [0.29, 0.717) is 12.4 Å². The molecule has 1 fully saturated rings. The maximum Gasteiger partial charge on any atom is 0.332 e. The third-order valence-electron chi connectivity index (χ3n) is 5.60. The fourth-order valence-corrected chi connectivity index (χ4v) is 3.86. The highest BCUT2D eigenvalue weighted by molar-refractivity contribution is 5.98. The molecule has 0 aliphatic carbocycles. The molecule has 0 aromatic heterocycles. The van der Waals surface area contributed by atoms with Gasteiger partial charge in [0.1, 0.15) is 24.9 Å². The SMILES string of the molecule is CCOC(=O)CO[C@H]1C(O)[C@@H](CC)O[C@H]1N1C=NC2C(C)NC(NC(=O)C(C)C)=NC21. The first-order valence-electron chi connectivity index (χ1n) is 10.8. The van der Waals surface area contributed by atoms with E-state index in [2.05, 4.69) is 20.6 Å². The summed E-state index contributed by atoms with van der Waals surface area (Å²) in [6, 6.07) is -0.287. The van der Waals surface area contributed by atoms with Crippen LogP contribution in [0.1, 0.15) is 41.0 Å². The Kier molecular flexibility index (Phi) is 7.50. The van der Waals surface area contributed by atoms with Crippen molar-refractivity contribution in [3.63, 3.8) is 0 Å². The second-order valence-electron chi connectivity index (χ2n) is 8.22. The topological polar surface area (TPSA) is 134 Å². The molecule has 3 aliphatic rings. The number of nitrogens with zero attached hydrogens (tertiary/aromatic N) is 3. The Morgan fingerprint density at radius 1 is 1.39 bits per heavy atom. The molecule has 0 saturated carbocycles. The monoisotopic (exact) mass is 439 g/mol. The number of aliphatic hydroxyl groups is 1. The Balaban J connectivity index is 1.79. The van der Waals surface area contributed by atoms with Crippen molar-refractivity contribution in [1.29, 1.82) is 0 Å². The highest BCUT2D eigenvalue weighted by Gasteiger charge is 2.51. The number of carbonyl (C=O) groups is 2. The Hall–Kier alpha value is -2.24. The van der Waals surface area contributed by atoms with Crippen molar-refractivity contribution in [3.8, 4) is 0 Å². The lowest BCUT2D eigenvalue weighted by atomic mass is 10.0. The number of aliphatic hydroxyl groups excluding tert-OH is 1. The number of guanidine groups is 1. The van der Waals surface area contributed by atoms with Gasteiger partial charge in [-0.3, -0.25) is 15.1 Å². The van der Waals surface area contributed by atoms with E-state index in [1.54, 1.807) is 32.0 Å². The van der Waals surface area contributed by atoms with Gasteiger partial charge in [-0.1, -0.05) is 20.8 Å². The molecular weight excluding hydrogens is 406 g/mol. The number of carbonyl (C=O) groups excluding carboxylic acids is 2. The quantitative estimate of drug-likeness (QED) is 0.456. The second-order valence-corrected chi connectivity index (χ2v) is 8.22. The summed E-state index contributed by atoms with van der Waals surface area (Å²) >= 11 is 0. The molecule has 0 spiro atoms. The predicted molar refractivity (Wildman–Crippen MR) is 112 cm³/mol. The van der Waals surface area contributed by atoms with Crippen LogP contribution in [-0.4, -0.2) is 90.2 Å². The molecule has 1 saturated heterocycles. The summed E-state index contributed by atoms with van der Waals surface area (Å²) in [6.45, 7) is 9.16. The largest absolute Gasteiger partial charge is 0.464 e. The molecule has 0 radical (unpaired) electrons. The van der Waals surface area contributed by atoms with Gasteiger partial charge in [0.15, 0.2) is 18.4 Å². The van der Waals surface area contributed by atoms with Crippen molar-refractivity contribution in [1.82, 2.24) is 15.5 Å². The van der Waals surface area contributed by atoms with Crippen molar-refractivity contribution in [2.45, 2.75) is 83.8 Å². The summed E-state index contributed by atoms with van der Waals surface area (Å²) in [5.74, 6) is -0.463. The highest BCUT2D eigenvalue weighted by atomic mass is 16.6. The first kappa shape index (κ1) is 23.4. The number of rotatable bonds is 7. The molecule has 3 aliphatic heterocycles. The van der Waals surface area contributed by atoms with Crippen LogP contribution >= 0.6 is 0 Å². The minimum absolute atomic E-state index is 0.0848. The van der Waals surface area contributed by atoms with Crippen LogP contribution in [0.3, 0.4) is 0 Å². The van der Waals surface area contributed by atoms with E-state index in [9.17, 15) is 14.7 Å². The van der Waals surface area contributed by atoms with Crippen molar-refractivity contribution >= 4 is 24.2 Å². The Labute approximate surface area is 182 Å². The van der Waals surface area contributed by atoms with Crippen molar-refractivity contribution < 1.29 is 28.9 Å². The summed E-state index contributed by atoms with van der Waals surface area (Å²) < 4.78 is 16.7. The van der Waals surface area contributed by atoms with Gasteiger partial charge in [0.25, 0.3) is 0 Å². The summed E-state index contributed by atoms with van der Waals surface area (Å²) in [6.07, 6.45) is -1.07. The summed E-state index contributed by atoms with van der Waals surface area (Å²) in [5, 5.41) is 16.7. The minimum atomic E-state index is -0.917. The average molecular weight is 440 g/mol. The smallest absolute Gasteiger partial charge is 0.332 e. The summed E-state index contributed by atoms with van der Waals surface area (Å²) in [7, 11) is 0. The first-order chi connectivity index (χ1) is 14.8. The Morgan fingerprint density at radius 2 is 2.13 bits per heavy atom. The molecule has 0 aromatic carbocycles. The standard InChI is InChI=1S/C20H33N5O6/c1-6-12-15(27)16(30-8-13(26)29-7-2)19(31-12)25-9-21-14-11(5)22-20(23-17(14)25)24-18(28)10(3)4/h9-12,14-17,19,27H,6-8H2,1-5H3,(H2,22,23,24,28)/t11?,12-,14?,15?,16+,17?,19-/m1/s1. The molecular formula is C20H33N5O6. The van der Waals surface area contributed by atoms with Gasteiger partial charge in [0.05, 0.1) is 25.1 Å². The average Bonchev–Trinajstić information content (AvgIpc) is 3.27. The van der Waals surface area contributed by atoms with E-state index in [1.807, 2.05) is 13.8 Å². The van der Waals surface area contributed by atoms with E-state index in [-0.39, 0.29) is 37.1 Å². The lowest BCUT2D eigenvalue weighted by Gasteiger charge is -2.37. The van der Waals surface area contributed by atoms with Gasteiger partial charge in [0.2, 0.25) is 5.91 Å². The maximum atomic E-state index is 12.1. The molecule has 11 nitrogen and oxygen atoms in total. The van der Waals surface area contributed by atoms with E-state index >= 15 is 0 Å². The van der Waals surface area contributed by atoms with Gasteiger partial charge < -0.3 is 29.5 Å². The van der Waals surface area contributed by atoms with Crippen LogP contribution < -0.4 is 10.6 Å². The van der Waals surface area contributed by atoms with Crippen LogP contribution in [0.25, 0.3) is 0 Å². The lowest BCUT2D eigenvalue weighted by Crippen LogP contribution is -2.59. The van der Waals surface area contributed by atoms with E-state index in [1.165, 1.54) is 0 Å². The molecule has 7 atom stereocenters. The van der Waals surface area contributed by atoms with Crippen LogP contribution in [0.4, 0.5) is 0 Å². The molecule has 3 N–H and O–H groups in total. The molecule has 4 unspecified atom stereocenters. The molecule has 0 aromatic rings. The number of fused-ring (bicyclic) bond motifs is 1. The van der Waals surface area contributed by atoms with Crippen LogP contribution in [0.2, 0.25) is 0 Å². The number of nitrogens with one attached hydrogen (secondary N) is 2. The molecule has 1 amide bonds. The molecule has 3 heterocycles. The summed E-state index contributed by atoms with van der Waals surface area (Å²) in [5.41, 5.74) is 0. The van der Waals surface area contributed by atoms with Crippen LogP contribution in [-0.2, 0) is 23.8 Å². The molecule has 3 rings (SSSR count). The third kappa shape index (κ3) is 4.99.